The van der Waals surface area contributed by atoms with Crippen LogP contribution in [0.4, 0.5) is 13.6 Å². The van der Waals surface area contributed by atoms with Crippen molar-refractivity contribution in [3.8, 4) is 0 Å². The first-order valence-corrected chi connectivity index (χ1v) is 15.1. The molecule has 1 fully saturated rings. The van der Waals surface area contributed by atoms with E-state index >= 15 is 0 Å². The van der Waals surface area contributed by atoms with E-state index in [1.807, 2.05) is 19.1 Å². The lowest BCUT2D eigenvalue weighted by Crippen LogP contribution is -2.54. The van der Waals surface area contributed by atoms with Crippen molar-refractivity contribution in [3.05, 3.63) is 70.8 Å². The molecule has 9 nitrogen and oxygen atoms in total. The number of hydrogen-bond donors (Lipinski definition) is 4. The van der Waals surface area contributed by atoms with Gasteiger partial charge in [0, 0.05) is 45.1 Å². The summed E-state index contributed by atoms with van der Waals surface area (Å²) in [7, 11) is 1.45. The minimum absolute atomic E-state index is 0.0492. The van der Waals surface area contributed by atoms with E-state index in [0.717, 1.165) is 37.3 Å². The molecule has 0 spiro atoms. The lowest BCUT2D eigenvalue weighted by atomic mass is 9.98. The summed E-state index contributed by atoms with van der Waals surface area (Å²) in [5.74, 6) is -3.19. The van der Waals surface area contributed by atoms with E-state index < -0.39 is 47.6 Å². The second-order valence-electron chi connectivity index (χ2n) is 11.0. The van der Waals surface area contributed by atoms with Gasteiger partial charge in [0.05, 0.1) is 13.2 Å². The minimum atomic E-state index is -1.10. The predicted molar refractivity (Wildman–Crippen MR) is 160 cm³/mol. The standard InChI is InChI=1S/C32H46F2N4O5/c1-4-6-11-32(41-12-8-13-42-32)19-28(38-31(40)36-3)30(39)43-29(21-37-20-23-10-7-9-22(5-2)14-23)27(35)17-24-15-25(33)18-26(34)16-24/h7,9-10,14-16,18,27-29,37H,4-6,8,11-13,17,19-21,35H2,1-3H3,(H2,36,38,40)/t27-,28+,29+/m0/s1. The molecule has 0 aromatic heterocycles. The maximum absolute atomic E-state index is 13.9. The Balaban J connectivity index is 1.80. The Morgan fingerprint density at radius 3 is 2.40 bits per heavy atom. The number of benzene rings is 2. The molecule has 0 aliphatic carbocycles. The zero-order valence-corrected chi connectivity index (χ0v) is 25.4. The highest BCUT2D eigenvalue weighted by atomic mass is 19.1. The molecule has 43 heavy (non-hydrogen) atoms. The summed E-state index contributed by atoms with van der Waals surface area (Å²) in [6.07, 6.45) is 3.11. The van der Waals surface area contributed by atoms with Gasteiger partial charge in [0.1, 0.15) is 23.8 Å². The molecule has 0 saturated carbocycles. The van der Waals surface area contributed by atoms with Gasteiger partial charge < -0.3 is 35.9 Å². The summed E-state index contributed by atoms with van der Waals surface area (Å²) in [5.41, 5.74) is 9.10. The van der Waals surface area contributed by atoms with Gasteiger partial charge in [0.15, 0.2) is 5.79 Å². The van der Waals surface area contributed by atoms with Crippen LogP contribution in [0.5, 0.6) is 0 Å². The molecule has 0 radical (unpaired) electrons. The van der Waals surface area contributed by atoms with Crippen LogP contribution >= 0.6 is 0 Å². The van der Waals surface area contributed by atoms with Crippen LogP contribution in [0.25, 0.3) is 0 Å². The highest BCUT2D eigenvalue weighted by molar-refractivity contribution is 5.83. The first-order valence-electron chi connectivity index (χ1n) is 15.1. The van der Waals surface area contributed by atoms with Crippen LogP contribution in [-0.4, -0.2) is 62.8 Å². The Hall–Kier alpha value is -3.12. The Bertz CT molecular complexity index is 1160. The molecule has 1 aliphatic rings. The summed E-state index contributed by atoms with van der Waals surface area (Å²) in [6, 6.07) is 8.84. The van der Waals surface area contributed by atoms with E-state index in [1.54, 1.807) is 0 Å². The molecule has 2 amide bonds. The third-order valence-electron chi connectivity index (χ3n) is 7.48. The third kappa shape index (κ3) is 11.1. The van der Waals surface area contributed by atoms with Gasteiger partial charge in [-0.2, -0.15) is 0 Å². The van der Waals surface area contributed by atoms with Crippen molar-refractivity contribution in [2.75, 3.05) is 26.8 Å². The second-order valence-corrected chi connectivity index (χ2v) is 11.0. The van der Waals surface area contributed by atoms with E-state index in [0.29, 0.717) is 31.7 Å². The first-order chi connectivity index (χ1) is 20.7. The molecule has 0 bridgehead atoms. The van der Waals surface area contributed by atoms with Crippen LogP contribution in [0, 0.1) is 11.6 Å². The number of urea groups is 1. The predicted octanol–water partition coefficient (Wildman–Crippen LogP) is 4.11. The van der Waals surface area contributed by atoms with Crippen molar-refractivity contribution in [1.29, 1.82) is 0 Å². The number of carbonyl (C=O) groups is 2. The number of nitrogens with two attached hydrogens (primary N) is 1. The maximum Gasteiger partial charge on any atom is 0.329 e. The second kappa shape index (κ2) is 17.2. The summed E-state index contributed by atoms with van der Waals surface area (Å²) < 4.78 is 45.8. The smallest absolute Gasteiger partial charge is 0.329 e. The fourth-order valence-electron chi connectivity index (χ4n) is 5.12. The van der Waals surface area contributed by atoms with E-state index in [2.05, 4.69) is 35.0 Å². The number of halogens is 2. The first kappa shape index (κ1) is 34.4. The monoisotopic (exact) mass is 604 g/mol. The van der Waals surface area contributed by atoms with Crippen molar-refractivity contribution in [2.24, 2.45) is 5.73 Å². The fourth-order valence-corrected chi connectivity index (χ4v) is 5.12. The minimum Gasteiger partial charge on any atom is -0.458 e. The number of esters is 1. The lowest BCUT2D eigenvalue weighted by molar-refractivity contribution is -0.276. The number of amides is 2. The average Bonchev–Trinajstić information content (AvgIpc) is 2.99. The van der Waals surface area contributed by atoms with Crippen LogP contribution in [0.15, 0.2) is 42.5 Å². The van der Waals surface area contributed by atoms with Gasteiger partial charge >= 0.3 is 12.0 Å². The van der Waals surface area contributed by atoms with Crippen molar-refractivity contribution in [2.45, 2.75) is 89.3 Å². The van der Waals surface area contributed by atoms with Gasteiger partial charge in [-0.05, 0) is 54.5 Å². The van der Waals surface area contributed by atoms with Crippen molar-refractivity contribution in [3.63, 3.8) is 0 Å². The molecule has 238 valence electrons. The highest BCUT2D eigenvalue weighted by Gasteiger charge is 2.41. The zero-order chi connectivity index (χ0) is 31.2. The Morgan fingerprint density at radius 2 is 1.74 bits per heavy atom. The van der Waals surface area contributed by atoms with Crippen LogP contribution < -0.4 is 21.7 Å². The van der Waals surface area contributed by atoms with Crippen molar-refractivity contribution >= 4 is 12.0 Å². The van der Waals surface area contributed by atoms with Crippen LogP contribution in [0.1, 0.15) is 62.6 Å². The SMILES string of the molecule is CCCCC1(C[C@@H](NC(=O)NC)C(=O)O[C@H](CNCc2cccc(CC)c2)[C@@H](N)Cc2cc(F)cc(F)c2)OCCCO1. The number of rotatable bonds is 16. The quantitative estimate of drug-likeness (QED) is 0.213. The summed E-state index contributed by atoms with van der Waals surface area (Å²) in [4.78, 5) is 26.1. The molecule has 5 N–H and O–H groups in total. The third-order valence-corrected chi connectivity index (χ3v) is 7.48. The average molecular weight is 605 g/mol. The Morgan fingerprint density at radius 1 is 1.05 bits per heavy atom. The van der Waals surface area contributed by atoms with Gasteiger partial charge in [0.25, 0.3) is 0 Å². The van der Waals surface area contributed by atoms with Crippen molar-refractivity contribution in [1.82, 2.24) is 16.0 Å². The molecule has 3 atom stereocenters. The molecule has 1 aliphatic heterocycles. The largest absolute Gasteiger partial charge is 0.458 e. The van der Waals surface area contributed by atoms with Crippen LogP contribution in [0.2, 0.25) is 0 Å². The van der Waals surface area contributed by atoms with Crippen molar-refractivity contribution < 1.29 is 32.6 Å². The number of ether oxygens (including phenoxy) is 3. The summed E-state index contributed by atoms with van der Waals surface area (Å²) in [6.45, 7) is 5.74. The topological polar surface area (TPSA) is 124 Å². The molecule has 1 heterocycles. The van der Waals surface area contributed by atoms with E-state index in [9.17, 15) is 18.4 Å². The molecule has 3 rings (SSSR count). The number of nitrogens with one attached hydrogen (secondary N) is 3. The molecule has 11 heteroatoms. The van der Waals surface area contributed by atoms with Gasteiger partial charge in [-0.25, -0.2) is 18.4 Å². The Labute approximate surface area is 253 Å². The van der Waals surface area contributed by atoms with Gasteiger partial charge in [-0.1, -0.05) is 44.5 Å². The van der Waals surface area contributed by atoms with Crippen LogP contribution in [-0.2, 0) is 38.4 Å². The maximum atomic E-state index is 13.9. The summed E-state index contributed by atoms with van der Waals surface area (Å²) in [5, 5.41) is 8.45. The zero-order valence-electron chi connectivity index (χ0n) is 25.4. The normalized spacial score (nSPS) is 16.6. The number of aryl methyl sites for hydroxylation is 1. The fraction of sp³-hybridized carbons (Fsp3) is 0.562. The molecule has 1 saturated heterocycles. The summed E-state index contributed by atoms with van der Waals surface area (Å²) >= 11 is 0. The van der Waals surface area contributed by atoms with E-state index in [1.165, 1.54) is 24.7 Å². The molecule has 2 aromatic rings. The highest BCUT2D eigenvalue weighted by Crippen LogP contribution is 2.30. The Kier molecular flexibility index (Phi) is 13.8. The van der Waals surface area contributed by atoms with E-state index in [-0.39, 0.29) is 19.4 Å². The van der Waals surface area contributed by atoms with Gasteiger partial charge in [-0.3, -0.25) is 0 Å². The number of hydrogen-bond acceptors (Lipinski definition) is 7. The molecule has 2 aromatic carbocycles. The van der Waals surface area contributed by atoms with Gasteiger partial charge in [0.2, 0.25) is 0 Å². The lowest BCUT2D eigenvalue weighted by Gasteiger charge is -2.39. The molecule has 0 unspecified atom stereocenters. The van der Waals surface area contributed by atoms with Gasteiger partial charge in [-0.15, -0.1) is 0 Å². The van der Waals surface area contributed by atoms with E-state index in [4.69, 9.17) is 19.9 Å². The molecular formula is C32H46F2N4O5. The number of carbonyl (C=O) groups excluding carboxylic acids is 2. The van der Waals surface area contributed by atoms with Crippen LogP contribution in [0.3, 0.4) is 0 Å². The molecular weight excluding hydrogens is 558 g/mol. The number of unbranched alkanes of at least 4 members (excludes halogenated alkanes) is 1.